The van der Waals surface area contributed by atoms with Crippen molar-refractivity contribution in [3.63, 3.8) is 0 Å². The molecule has 0 aliphatic rings. The predicted octanol–water partition coefficient (Wildman–Crippen LogP) is 4.25. The first kappa shape index (κ1) is 15.3. The van der Waals surface area contributed by atoms with Gasteiger partial charge in [-0.25, -0.2) is 4.98 Å². The monoisotopic (exact) mass is 284 g/mol. The molecule has 0 spiro atoms. The second kappa shape index (κ2) is 8.25. The van der Waals surface area contributed by atoms with Gasteiger partial charge in [-0.2, -0.15) is 4.98 Å². The summed E-state index contributed by atoms with van der Waals surface area (Å²) in [7, 11) is 0. The summed E-state index contributed by atoms with van der Waals surface area (Å²) < 4.78 is 0. The van der Waals surface area contributed by atoms with Gasteiger partial charge in [-0.05, 0) is 25.0 Å². The van der Waals surface area contributed by atoms with Gasteiger partial charge in [0.05, 0.1) is 0 Å². The average molecular weight is 284 g/mol. The van der Waals surface area contributed by atoms with Crippen LogP contribution in [0.5, 0.6) is 0 Å². The van der Waals surface area contributed by atoms with Crippen LogP contribution in [0.3, 0.4) is 0 Å². The molecule has 2 aromatic rings. The zero-order valence-electron chi connectivity index (χ0n) is 12.8. The van der Waals surface area contributed by atoms with E-state index in [0.717, 1.165) is 18.8 Å². The molecule has 2 N–H and O–H groups in total. The molecular weight excluding hydrogens is 260 g/mol. The molecule has 2 rings (SSSR count). The molecule has 0 saturated carbocycles. The molecule has 0 amide bonds. The molecule has 1 heterocycles. The van der Waals surface area contributed by atoms with Crippen LogP contribution < -0.4 is 10.6 Å². The molecule has 1 atom stereocenters. The summed E-state index contributed by atoms with van der Waals surface area (Å²) in [6.45, 7) is 5.25. The van der Waals surface area contributed by atoms with E-state index in [1.165, 1.54) is 18.4 Å². The predicted molar refractivity (Wildman–Crippen MR) is 88.5 cm³/mol. The fourth-order valence-electron chi connectivity index (χ4n) is 2.15. The fraction of sp³-hybridized carbons (Fsp3) is 0.412. The van der Waals surface area contributed by atoms with Gasteiger partial charge in [-0.15, -0.1) is 0 Å². The van der Waals surface area contributed by atoms with E-state index in [9.17, 15) is 0 Å². The van der Waals surface area contributed by atoms with Gasteiger partial charge in [-0.3, -0.25) is 0 Å². The van der Waals surface area contributed by atoms with Gasteiger partial charge >= 0.3 is 0 Å². The van der Waals surface area contributed by atoms with Gasteiger partial charge in [0.1, 0.15) is 5.82 Å². The Bertz CT molecular complexity index is 527. The van der Waals surface area contributed by atoms with E-state index in [2.05, 4.69) is 46.6 Å². The van der Waals surface area contributed by atoms with Crippen LogP contribution in [-0.2, 0) is 0 Å². The van der Waals surface area contributed by atoms with Crippen LogP contribution >= 0.6 is 0 Å². The molecule has 0 bridgehead atoms. The Labute approximate surface area is 127 Å². The third-order valence-corrected chi connectivity index (χ3v) is 3.38. The first-order valence-corrected chi connectivity index (χ1v) is 7.68. The molecule has 0 aliphatic carbocycles. The topological polar surface area (TPSA) is 49.8 Å². The Balaban J connectivity index is 1.91. The number of unbranched alkanes of at least 4 members (excludes halogenated alkanes) is 2. The maximum Gasteiger partial charge on any atom is 0.224 e. The van der Waals surface area contributed by atoms with Gasteiger partial charge in [0.15, 0.2) is 0 Å². The van der Waals surface area contributed by atoms with Crippen LogP contribution in [0.1, 0.15) is 44.7 Å². The van der Waals surface area contributed by atoms with E-state index < -0.39 is 0 Å². The first-order valence-electron chi connectivity index (χ1n) is 7.68. The molecule has 0 fully saturated rings. The van der Waals surface area contributed by atoms with Crippen molar-refractivity contribution in [2.24, 2.45) is 0 Å². The number of hydrogen-bond donors (Lipinski definition) is 2. The molecule has 0 saturated heterocycles. The number of benzene rings is 1. The quantitative estimate of drug-likeness (QED) is 0.711. The van der Waals surface area contributed by atoms with Crippen molar-refractivity contribution in [3.05, 3.63) is 48.2 Å². The van der Waals surface area contributed by atoms with Gasteiger partial charge < -0.3 is 10.6 Å². The van der Waals surface area contributed by atoms with Gasteiger partial charge in [0.25, 0.3) is 0 Å². The molecule has 1 unspecified atom stereocenters. The van der Waals surface area contributed by atoms with Crippen molar-refractivity contribution in [3.8, 4) is 0 Å². The van der Waals surface area contributed by atoms with E-state index in [1.807, 2.05) is 24.3 Å². The fourth-order valence-corrected chi connectivity index (χ4v) is 2.15. The van der Waals surface area contributed by atoms with Crippen molar-refractivity contribution in [1.29, 1.82) is 0 Å². The highest BCUT2D eigenvalue weighted by Crippen LogP contribution is 2.17. The van der Waals surface area contributed by atoms with Crippen molar-refractivity contribution in [2.75, 3.05) is 17.2 Å². The lowest BCUT2D eigenvalue weighted by Crippen LogP contribution is -2.10. The number of nitrogens with one attached hydrogen (secondary N) is 2. The zero-order valence-corrected chi connectivity index (χ0v) is 12.8. The SMILES string of the molecule is CCCCCNc1nccc(NC(C)c2ccccc2)n1. The van der Waals surface area contributed by atoms with Crippen LogP contribution in [0.15, 0.2) is 42.6 Å². The minimum atomic E-state index is 0.217. The van der Waals surface area contributed by atoms with Crippen molar-refractivity contribution < 1.29 is 0 Å². The summed E-state index contributed by atoms with van der Waals surface area (Å²) in [5, 5.41) is 6.68. The maximum absolute atomic E-state index is 4.50. The molecule has 1 aromatic heterocycles. The van der Waals surface area contributed by atoms with Gasteiger partial charge in [-0.1, -0.05) is 50.1 Å². The highest BCUT2D eigenvalue weighted by molar-refractivity contribution is 5.41. The lowest BCUT2D eigenvalue weighted by molar-refractivity contribution is 0.740. The third-order valence-electron chi connectivity index (χ3n) is 3.38. The highest BCUT2D eigenvalue weighted by Gasteiger charge is 2.06. The van der Waals surface area contributed by atoms with Crippen LogP contribution in [0.4, 0.5) is 11.8 Å². The van der Waals surface area contributed by atoms with Crippen molar-refractivity contribution >= 4 is 11.8 Å². The molecule has 1 aromatic carbocycles. The second-order valence-corrected chi connectivity index (χ2v) is 5.18. The van der Waals surface area contributed by atoms with E-state index in [-0.39, 0.29) is 6.04 Å². The summed E-state index contributed by atoms with van der Waals surface area (Å²) >= 11 is 0. The van der Waals surface area contributed by atoms with Crippen molar-refractivity contribution in [2.45, 2.75) is 39.2 Å². The summed E-state index contributed by atoms with van der Waals surface area (Å²) in [5.41, 5.74) is 1.24. The van der Waals surface area contributed by atoms with Crippen LogP contribution in [0.2, 0.25) is 0 Å². The molecule has 112 valence electrons. The number of nitrogens with zero attached hydrogens (tertiary/aromatic N) is 2. The first-order chi connectivity index (χ1) is 10.3. The number of hydrogen-bond acceptors (Lipinski definition) is 4. The Morgan fingerprint density at radius 1 is 1.10 bits per heavy atom. The van der Waals surface area contributed by atoms with E-state index in [1.54, 1.807) is 6.20 Å². The smallest absolute Gasteiger partial charge is 0.224 e. The van der Waals surface area contributed by atoms with E-state index in [4.69, 9.17) is 0 Å². The molecule has 4 nitrogen and oxygen atoms in total. The van der Waals surface area contributed by atoms with Crippen molar-refractivity contribution in [1.82, 2.24) is 9.97 Å². The van der Waals surface area contributed by atoms with Gasteiger partial charge in [0, 0.05) is 18.8 Å². The summed E-state index contributed by atoms with van der Waals surface area (Å²) in [6.07, 6.45) is 5.39. The molecule has 4 heteroatoms. The maximum atomic E-state index is 4.50. The molecule has 21 heavy (non-hydrogen) atoms. The van der Waals surface area contributed by atoms with Crippen LogP contribution in [-0.4, -0.2) is 16.5 Å². The molecule has 0 aliphatic heterocycles. The summed E-state index contributed by atoms with van der Waals surface area (Å²) in [5.74, 6) is 1.54. The minimum Gasteiger partial charge on any atom is -0.363 e. The second-order valence-electron chi connectivity index (χ2n) is 5.18. The Hall–Kier alpha value is -2.10. The van der Waals surface area contributed by atoms with E-state index >= 15 is 0 Å². The number of aromatic nitrogens is 2. The third kappa shape index (κ3) is 5.06. The summed E-state index contributed by atoms with van der Waals surface area (Å²) in [4.78, 5) is 8.76. The zero-order chi connectivity index (χ0) is 14.9. The largest absolute Gasteiger partial charge is 0.363 e. The normalized spacial score (nSPS) is 11.9. The molecular formula is C17H24N4. The Kier molecular flexibility index (Phi) is 6.00. The van der Waals surface area contributed by atoms with Crippen LogP contribution in [0, 0.1) is 0 Å². The number of anilines is 2. The molecule has 0 radical (unpaired) electrons. The Morgan fingerprint density at radius 3 is 2.67 bits per heavy atom. The lowest BCUT2D eigenvalue weighted by Gasteiger charge is -2.15. The standard InChI is InChI=1S/C17H24N4/c1-3-4-8-12-18-17-19-13-11-16(21-17)20-14(2)15-9-6-5-7-10-15/h5-7,9-11,13-14H,3-4,8,12H2,1-2H3,(H2,18,19,20,21). The van der Waals surface area contributed by atoms with Crippen LogP contribution in [0.25, 0.3) is 0 Å². The van der Waals surface area contributed by atoms with E-state index in [0.29, 0.717) is 5.95 Å². The summed E-state index contributed by atoms with van der Waals surface area (Å²) in [6, 6.07) is 12.5. The lowest BCUT2D eigenvalue weighted by atomic mass is 10.1. The highest BCUT2D eigenvalue weighted by atomic mass is 15.1. The number of rotatable bonds is 8. The Morgan fingerprint density at radius 2 is 1.90 bits per heavy atom. The minimum absolute atomic E-state index is 0.217. The average Bonchev–Trinajstić information content (AvgIpc) is 2.53. The van der Waals surface area contributed by atoms with Gasteiger partial charge in [0.2, 0.25) is 5.95 Å².